The van der Waals surface area contributed by atoms with Gasteiger partial charge >= 0.3 is 0 Å². The van der Waals surface area contributed by atoms with E-state index in [1.54, 1.807) is 0 Å². The summed E-state index contributed by atoms with van der Waals surface area (Å²) >= 11 is 0. The minimum atomic E-state index is -0.0417. The summed E-state index contributed by atoms with van der Waals surface area (Å²) in [6.45, 7) is 9.33. The largest absolute Gasteiger partial charge is 0.485 e. The average Bonchev–Trinajstić information content (AvgIpc) is 3.99. The van der Waals surface area contributed by atoms with E-state index in [1.165, 1.54) is 48.2 Å². The summed E-state index contributed by atoms with van der Waals surface area (Å²) in [6.07, 6.45) is 5.28. The van der Waals surface area contributed by atoms with Crippen LogP contribution in [0.15, 0.2) is 97.1 Å². The van der Waals surface area contributed by atoms with Gasteiger partial charge in [0.25, 0.3) is 0 Å². The topological polar surface area (TPSA) is 37.8 Å². The third kappa shape index (κ3) is 5.14. The molecule has 2 unspecified atom stereocenters. The Morgan fingerprint density at radius 3 is 1.67 bits per heavy atom. The van der Waals surface area contributed by atoms with Crippen molar-refractivity contribution in [1.29, 1.82) is 0 Å². The molecule has 1 aromatic heterocycles. The highest BCUT2D eigenvalue weighted by Crippen LogP contribution is 2.55. The van der Waals surface area contributed by atoms with Crippen LogP contribution in [0.5, 0.6) is 11.6 Å². The summed E-state index contributed by atoms with van der Waals surface area (Å²) in [5.74, 6) is 3.66. The van der Waals surface area contributed by atoms with Crippen LogP contribution in [0.3, 0.4) is 0 Å². The number of benzene rings is 3. The molecule has 45 heavy (non-hydrogen) atoms. The van der Waals surface area contributed by atoms with Crippen molar-refractivity contribution in [3.8, 4) is 11.6 Å². The van der Waals surface area contributed by atoms with Crippen LogP contribution >= 0.6 is 0 Å². The van der Waals surface area contributed by atoms with Gasteiger partial charge in [0.15, 0.2) is 0 Å². The van der Waals surface area contributed by atoms with E-state index in [2.05, 4.69) is 109 Å². The predicted octanol–water partition coefficient (Wildman–Crippen LogP) is 9.15. The molecule has 0 N–H and O–H groups in total. The summed E-state index contributed by atoms with van der Waals surface area (Å²) in [4.78, 5) is 10.3. The first kappa shape index (κ1) is 28.5. The van der Waals surface area contributed by atoms with E-state index in [-0.39, 0.29) is 18.4 Å². The molecule has 0 amide bonds. The van der Waals surface area contributed by atoms with Gasteiger partial charge in [-0.25, -0.2) is 4.98 Å². The number of aryl methyl sites for hydroxylation is 1. The molecule has 4 aliphatic rings. The van der Waals surface area contributed by atoms with Gasteiger partial charge in [-0.1, -0.05) is 74.5 Å². The van der Waals surface area contributed by atoms with Gasteiger partial charge in [0.1, 0.15) is 18.0 Å². The zero-order chi connectivity index (χ0) is 30.7. The van der Waals surface area contributed by atoms with Gasteiger partial charge in [-0.2, -0.15) is 0 Å². The number of fused-ring (bicyclic) bond motifs is 2. The third-order valence-corrected chi connectivity index (χ3v) is 10.8. The van der Waals surface area contributed by atoms with Crippen molar-refractivity contribution in [1.82, 2.24) is 4.98 Å². The molecule has 3 heterocycles. The van der Waals surface area contributed by atoms with E-state index in [0.29, 0.717) is 35.8 Å². The Labute approximate surface area is 268 Å². The van der Waals surface area contributed by atoms with Gasteiger partial charge in [0.2, 0.25) is 5.88 Å². The van der Waals surface area contributed by atoms with E-state index in [4.69, 9.17) is 14.5 Å². The molecule has 0 saturated heterocycles. The number of para-hydroxylation sites is 3. The monoisotopic (exact) mass is 599 g/mol. The molecule has 2 saturated carbocycles. The normalized spacial score (nSPS) is 28.2. The summed E-state index contributed by atoms with van der Waals surface area (Å²) in [6, 6.07) is 35.3. The lowest BCUT2D eigenvalue weighted by atomic mass is 9.79. The van der Waals surface area contributed by atoms with Gasteiger partial charge in [0, 0.05) is 58.2 Å². The minimum Gasteiger partial charge on any atom is -0.485 e. The number of hydrogen-bond acceptors (Lipinski definition) is 5. The zero-order valence-electron chi connectivity index (χ0n) is 26.9. The number of hydrogen-bond donors (Lipinski definition) is 0. The van der Waals surface area contributed by atoms with Gasteiger partial charge in [0.05, 0.1) is 6.17 Å². The Morgan fingerprint density at radius 1 is 0.622 bits per heavy atom. The fourth-order valence-electron chi connectivity index (χ4n) is 8.60. The zero-order valence-corrected chi connectivity index (χ0v) is 26.9. The number of nitrogens with zero attached hydrogens (tertiary/aromatic N) is 3. The van der Waals surface area contributed by atoms with Crippen LogP contribution in [0.2, 0.25) is 0 Å². The molecule has 0 spiro atoms. The van der Waals surface area contributed by atoms with E-state index in [1.807, 2.05) is 25.1 Å². The molecule has 232 valence electrons. The smallest absolute Gasteiger partial charge is 0.214 e. The molecule has 7 atom stereocenters. The maximum atomic E-state index is 6.83. The Bertz CT molecular complexity index is 1650. The van der Waals surface area contributed by atoms with Crippen LogP contribution < -0.4 is 19.3 Å². The van der Waals surface area contributed by atoms with Crippen molar-refractivity contribution >= 4 is 11.4 Å². The van der Waals surface area contributed by atoms with Crippen LogP contribution in [0.1, 0.15) is 75.5 Å². The molecule has 5 nitrogen and oxygen atoms in total. The maximum absolute atomic E-state index is 6.83. The molecule has 5 heteroatoms. The first-order valence-corrected chi connectivity index (χ1v) is 17.1. The number of rotatable bonds is 8. The third-order valence-electron chi connectivity index (χ3n) is 10.8. The highest BCUT2D eigenvalue weighted by molar-refractivity contribution is 5.65. The molecule has 8 rings (SSSR count). The second-order valence-electron chi connectivity index (χ2n) is 13.9. The first-order valence-electron chi connectivity index (χ1n) is 17.1. The summed E-state index contributed by atoms with van der Waals surface area (Å²) in [7, 11) is 0. The van der Waals surface area contributed by atoms with Crippen molar-refractivity contribution in [2.24, 2.45) is 23.7 Å². The second kappa shape index (κ2) is 11.4. The molecule has 4 aromatic rings. The number of ether oxygens (including phenoxy) is 2. The fourth-order valence-corrected chi connectivity index (χ4v) is 8.60. The van der Waals surface area contributed by atoms with Crippen molar-refractivity contribution in [2.75, 3.05) is 9.80 Å². The lowest BCUT2D eigenvalue weighted by Crippen LogP contribution is -2.62. The van der Waals surface area contributed by atoms with Gasteiger partial charge in [-0.05, 0) is 81.7 Å². The number of pyridine rings is 1. The van der Waals surface area contributed by atoms with Crippen molar-refractivity contribution < 1.29 is 9.47 Å². The van der Waals surface area contributed by atoms with Crippen molar-refractivity contribution in [3.63, 3.8) is 0 Å². The molecular weight excluding hydrogens is 554 g/mol. The SMILES string of the molecule is Cc1cccc(O[C@H]2c3ccccc3N(C(C)N3c4ccccc4[C@H](Oc4ccccc4)[C@@H](C)[C@@H]3C3CC3)C(C3CC3)[C@@H]2C)n1. The van der Waals surface area contributed by atoms with Crippen LogP contribution in [0.4, 0.5) is 11.4 Å². The van der Waals surface area contributed by atoms with Crippen LogP contribution in [0, 0.1) is 30.6 Å². The summed E-state index contributed by atoms with van der Waals surface area (Å²) < 4.78 is 13.6. The van der Waals surface area contributed by atoms with E-state index < -0.39 is 0 Å². The van der Waals surface area contributed by atoms with E-state index in [0.717, 1.165) is 17.3 Å². The minimum absolute atomic E-state index is 0.0176. The Hall–Kier alpha value is -3.99. The molecule has 2 fully saturated rings. The Balaban J connectivity index is 1.21. The molecule has 0 bridgehead atoms. The highest BCUT2D eigenvalue weighted by Gasteiger charge is 2.53. The second-order valence-corrected chi connectivity index (χ2v) is 13.9. The van der Waals surface area contributed by atoms with E-state index in [9.17, 15) is 0 Å². The number of anilines is 2. The van der Waals surface area contributed by atoms with Crippen LogP contribution in [0.25, 0.3) is 0 Å². The molecule has 0 radical (unpaired) electrons. The predicted molar refractivity (Wildman–Crippen MR) is 181 cm³/mol. The molecular formula is C40H45N3O2. The average molecular weight is 600 g/mol. The first-order chi connectivity index (χ1) is 22.0. The quantitative estimate of drug-likeness (QED) is 0.202. The van der Waals surface area contributed by atoms with Crippen LogP contribution in [-0.4, -0.2) is 23.2 Å². The van der Waals surface area contributed by atoms with Crippen LogP contribution in [-0.2, 0) is 0 Å². The Kier molecular flexibility index (Phi) is 7.23. The Morgan fingerprint density at radius 2 is 1.13 bits per heavy atom. The van der Waals surface area contributed by atoms with Crippen molar-refractivity contribution in [3.05, 3.63) is 114 Å². The lowest BCUT2D eigenvalue weighted by Gasteiger charge is -2.56. The number of aromatic nitrogens is 1. The summed E-state index contributed by atoms with van der Waals surface area (Å²) in [5.41, 5.74) is 6.18. The van der Waals surface area contributed by atoms with Gasteiger partial charge < -0.3 is 19.3 Å². The fraction of sp³-hybridized carbons (Fsp3) is 0.425. The lowest BCUT2D eigenvalue weighted by molar-refractivity contribution is 0.0936. The molecule has 2 aliphatic heterocycles. The molecule has 3 aromatic carbocycles. The van der Waals surface area contributed by atoms with Gasteiger partial charge in [-0.3, -0.25) is 0 Å². The standard InChI is InChI=1S/C40H45N3O2/c1-25-13-12-20-36(41-25)45-40-27(3)38(30-23-24-30)43(35-19-11-9-17-33(35)40)28(4)42-34-18-10-8-16-32(34)39(26(2)37(42)29-21-22-29)44-31-14-6-5-7-15-31/h5-20,26-30,37-40H,21-24H2,1-4H3/t26-,27-,28?,37+,38?,39+,40+/m0/s1. The van der Waals surface area contributed by atoms with E-state index >= 15 is 0 Å². The van der Waals surface area contributed by atoms with Gasteiger partial charge in [-0.15, -0.1) is 0 Å². The van der Waals surface area contributed by atoms with Crippen molar-refractivity contribution in [2.45, 2.75) is 83.8 Å². The highest BCUT2D eigenvalue weighted by atomic mass is 16.5. The maximum Gasteiger partial charge on any atom is 0.214 e. The summed E-state index contributed by atoms with van der Waals surface area (Å²) in [5, 5.41) is 0. The molecule has 2 aliphatic carbocycles.